The van der Waals surface area contributed by atoms with Crippen molar-refractivity contribution < 1.29 is 18.0 Å². The van der Waals surface area contributed by atoms with Crippen molar-refractivity contribution in [2.24, 2.45) is 0 Å². The molecule has 0 aliphatic carbocycles. The minimum Gasteiger partial charge on any atom is -0.361 e. The first-order valence-corrected chi connectivity index (χ1v) is 8.35. The maximum Gasteiger partial charge on any atom is 0.417 e. The molecule has 1 N–H and O–H groups in total. The Balaban J connectivity index is 2.09. The van der Waals surface area contributed by atoms with Gasteiger partial charge in [0, 0.05) is 22.7 Å². The van der Waals surface area contributed by atoms with Crippen LogP contribution in [-0.4, -0.2) is 16.9 Å². The molecule has 1 heterocycles. The molecule has 0 atom stereocenters. The lowest BCUT2D eigenvalue weighted by Gasteiger charge is -2.13. The average molecular weight is 419 g/mol. The molecule has 26 heavy (non-hydrogen) atoms. The highest BCUT2D eigenvalue weighted by Gasteiger charge is 2.36. The van der Waals surface area contributed by atoms with E-state index in [1.807, 2.05) is 0 Å². The predicted octanol–water partition coefficient (Wildman–Crippen LogP) is 6.96. The van der Waals surface area contributed by atoms with Crippen LogP contribution in [-0.2, 0) is 0 Å². The zero-order valence-corrected chi connectivity index (χ0v) is 15.1. The minimum absolute atomic E-state index is 0.0529. The third kappa shape index (κ3) is 3.75. The third-order valence-corrected chi connectivity index (χ3v) is 4.91. The van der Waals surface area contributed by atoms with Crippen molar-refractivity contribution in [1.82, 2.24) is 4.98 Å². The minimum atomic E-state index is -4.78. The highest BCUT2D eigenvalue weighted by atomic mass is 35.5. The third-order valence-electron chi connectivity index (χ3n) is 3.71. The molecule has 0 unspecified atom stereocenters. The number of nitrogens with one attached hydrogen (secondary N) is 1. The van der Waals surface area contributed by atoms with Gasteiger partial charge in [-0.05, 0) is 48.0 Å². The van der Waals surface area contributed by atoms with Gasteiger partial charge in [0.25, 0.3) is 0 Å². The van der Waals surface area contributed by atoms with Crippen LogP contribution in [0.4, 0.5) is 13.2 Å². The first-order valence-electron chi connectivity index (χ1n) is 7.22. The van der Waals surface area contributed by atoms with Gasteiger partial charge >= 0.3 is 6.18 Å². The van der Waals surface area contributed by atoms with Crippen molar-refractivity contribution in [2.45, 2.75) is 6.18 Å². The maximum absolute atomic E-state index is 13.5. The van der Waals surface area contributed by atoms with E-state index < -0.39 is 17.5 Å². The largest absolute Gasteiger partial charge is 0.417 e. The molecular formula is C18H9Cl3F3NO. The Morgan fingerprint density at radius 1 is 0.962 bits per heavy atom. The number of hydrogen-bond acceptors (Lipinski definition) is 1. The standard InChI is InChI=1S/C18H9Cl3F3NO/c19-13-6-11(7-14(20)17(13)21)12(18(22,23)24)8-16(26)10-1-2-15-9(5-10)3-4-25-15/h1-8,25H/b12-8+. The van der Waals surface area contributed by atoms with Gasteiger partial charge in [0.1, 0.15) is 0 Å². The lowest BCUT2D eigenvalue weighted by Crippen LogP contribution is -2.13. The smallest absolute Gasteiger partial charge is 0.361 e. The van der Waals surface area contributed by atoms with Crippen LogP contribution in [0.25, 0.3) is 16.5 Å². The molecule has 0 amide bonds. The van der Waals surface area contributed by atoms with Crippen LogP contribution in [0.1, 0.15) is 15.9 Å². The second kappa shape index (κ2) is 6.99. The van der Waals surface area contributed by atoms with Gasteiger partial charge in [0.15, 0.2) is 5.78 Å². The molecular weight excluding hydrogens is 410 g/mol. The van der Waals surface area contributed by atoms with Crippen molar-refractivity contribution >= 4 is 57.1 Å². The molecule has 134 valence electrons. The number of halogens is 6. The monoisotopic (exact) mass is 417 g/mol. The molecule has 2 nitrogen and oxygen atoms in total. The molecule has 2 aromatic carbocycles. The first-order chi connectivity index (χ1) is 12.2. The Bertz CT molecular complexity index is 1010. The Labute approximate surface area is 161 Å². The zero-order chi connectivity index (χ0) is 19.1. The molecule has 0 fully saturated rings. The van der Waals surface area contributed by atoms with Crippen LogP contribution < -0.4 is 0 Å². The van der Waals surface area contributed by atoms with Gasteiger partial charge in [-0.3, -0.25) is 4.79 Å². The SMILES string of the molecule is O=C(/C=C(\c1cc(Cl)c(Cl)c(Cl)c1)C(F)(F)F)c1ccc2[nH]ccc2c1. The molecule has 0 spiro atoms. The summed E-state index contributed by atoms with van der Waals surface area (Å²) < 4.78 is 40.5. The van der Waals surface area contributed by atoms with E-state index in [4.69, 9.17) is 34.8 Å². The Hall–Kier alpha value is -1.95. The fourth-order valence-electron chi connectivity index (χ4n) is 2.46. The van der Waals surface area contributed by atoms with E-state index in [0.717, 1.165) is 23.0 Å². The fraction of sp³-hybridized carbons (Fsp3) is 0.0556. The molecule has 1 aromatic heterocycles. The number of hydrogen-bond donors (Lipinski definition) is 1. The Morgan fingerprint density at radius 3 is 2.23 bits per heavy atom. The maximum atomic E-state index is 13.5. The Kier molecular flexibility index (Phi) is 5.06. The lowest BCUT2D eigenvalue weighted by atomic mass is 10.0. The van der Waals surface area contributed by atoms with E-state index in [-0.39, 0.29) is 26.2 Å². The van der Waals surface area contributed by atoms with Gasteiger partial charge in [0.05, 0.1) is 20.6 Å². The number of aromatic amines is 1. The summed E-state index contributed by atoms with van der Waals surface area (Å²) in [7, 11) is 0. The number of fused-ring (bicyclic) bond motifs is 1. The van der Waals surface area contributed by atoms with Crippen molar-refractivity contribution in [2.75, 3.05) is 0 Å². The van der Waals surface area contributed by atoms with E-state index in [1.165, 1.54) is 12.1 Å². The molecule has 0 saturated carbocycles. The zero-order valence-electron chi connectivity index (χ0n) is 12.8. The van der Waals surface area contributed by atoms with Gasteiger partial charge in [-0.1, -0.05) is 34.8 Å². The van der Waals surface area contributed by atoms with Crippen molar-refractivity contribution in [3.8, 4) is 0 Å². The number of carbonyl (C=O) groups is 1. The van der Waals surface area contributed by atoms with E-state index in [0.29, 0.717) is 6.08 Å². The summed E-state index contributed by atoms with van der Waals surface area (Å²) in [5.41, 5.74) is -0.590. The molecule has 0 saturated heterocycles. The lowest BCUT2D eigenvalue weighted by molar-refractivity contribution is -0.0689. The summed E-state index contributed by atoms with van der Waals surface area (Å²) in [6.07, 6.45) is -2.58. The van der Waals surface area contributed by atoms with Gasteiger partial charge in [-0.15, -0.1) is 0 Å². The molecule has 3 rings (SSSR count). The van der Waals surface area contributed by atoms with Gasteiger partial charge in [0.2, 0.25) is 0 Å². The summed E-state index contributed by atoms with van der Waals surface area (Å²) in [5, 5.41) is 0.397. The number of allylic oxidation sites excluding steroid dienone is 2. The van der Waals surface area contributed by atoms with Crippen molar-refractivity contribution in [1.29, 1.82) is 0 Å². The number of carbonyl (C=O) groups excluding carboxylic acids is 1. The number of aromatic nitrogens is 1. The van der Waals surface area contributed by atoms with E-state index in [2.05, 4.69) is 4.98 Å². The summed E-state index contributed by atoms with van der Waals surface area (Å²) in [6, 6.07) is 8.36. The van der Waals surface area contributed by atoms with Gasteiger partial charge in [-0.25, -0.2) is 0 Å². The first kappa shape index (κ1) is 18.8. The number of rotatable bonds is 3. The molecule has 0 aliphatic rings. The number of alkyl halides is 3. The van der Waals surface area contributed by atoms with Crippen LogP contribution in [0.15, 0.2) is 48.7 Å². The van der Waals surface area contributed by atoms with Crippen molar-refractivity contribution in [3.05, 3.63) is 74.9 Å². The highest BCUT2D eigenvalue weighted by Crippen LogP contribution is 2.39. The highest BCUT2D eigenvalue weighted by molar-refractivity contribution is 6.48. The summed E-state index contributed by atoms with van der Waals surface area (Å²) in [6.45, 7) is 0. The second-order valence-electron chi connectivity index (χ2n) is 5.45. The number of H-pyrrole nitrogens is 1. The van der Waals surface area contributed by atoms with Gasteiger partial charge in [-0.2, -0.15) is 13.2 Å². The van der Waals surface area contributed by atoms with Crippen LogP contribution in [0.3, 0.4) is 0 Å². The van der Waals surface area contributed by atoms with Crippen LogP contribution in [0.5, 0.6) is 0 Å². The van der Waals surface area contributed by atoms with Crippen LogP contribution in [0, 0.1) is 0 Å². The average Bonchev–Trinajstić information content (AvgIpc) is 3.03. The summed E-state index contributed by atoms with van der Waals surface area (Å²) >= 11 is 17.4. The number of benzene rings is 2. The molecule has 3 aromatic rings. The van der Waals surface area contributed by atoms with Crippen LogP contribution >= 0.6 is 34.8 Å². The molecule has 0 bridgehead atoms. The van der Waals surface area contributed by atoms with Gasteiger partial charge < -0.3 is 4.98 Å². The Morgan fingerprint density at radius 2 is 1.62 bits per heavy atom. The second-order valence-corrected chi connectivity index (χ2v) is 6.65. The molecule has 8 heteroatoms. The summed E-state index contributed by atoms with van der Waals surface area (Å²) in [5.74, 6) is -0.789. The van der Waals surface area contributed by atoms with Crippen LogP contribution in [0.2, 0.25) is 15.1 Å². The van der Waals surface area contributed by atoms with Crippen molar-refractivity contribution in [3.63, 3.8) is 0 Å². The topological polar surface area (TPSA) is 32.9 Å². The molecule has 0 aliphatic heterocycles. The van der Waals surface area contributed by atoms with E-state index >= 15 is 0 Å². The molecule has 0 radical (unpaired) electrons. The van der Waals surface area contributed by atoms with E-state index in [9.17, 15) is 18.0 Å². The quantitative estimate of drug-likeness (QED) is 0.278. The predicted molar refractivity (Wildman–Crippen MR) is 98.1 cm³/mol. The summed E-state index contributed by atoms with van der Waals surface area (Å²) in [4.78, 5) is 15.3. The normalized spacial score (nSPS) is 12.6. The van der Waals surface area contributed by atoms with E-state index in [1.54, 1.807) is 18.3 Å². The number of ketones is 1. The fourth-order valence-corrected chi connectivity index (χ4v) is 3.06.